The summed E-state index contributed by atoms with van der Waals surface area (Å²) in [5, 5.41) is 0. The molecule has 2 rings (SSSR count). The van der Waals surface area contributed by atoms with E-state index in [0.717, 1.165) is 23.5 Å². The molecule has 2 heterocycles. The molecule has 0 radical (unpaired) electrons. The molecule has 0 aliphatic carbocycles. The van der Waals surface area contributed by atoms with Gasteiger partial charge in [-0.15, -0.1) is 0 Å². The van der Waals surface area contributed by atoms with Crippen LogP contribution in [0.25, 0.3) is 0 Å². The predicted molar refractivity (Wildman–Crippen MR) is 63.8 cm³/mol. The predicted octanol–water partition coefficient (Wildman–Crippen LogP) is 2.03. The Morgan fingerprint density at radius 3 is 2.75 bits per heavy atom. The molecule has 2 aromatic rings. The molecular weight excluding hydrogens is 198 g/mol. The number of pyridine rings is 2. The van der Waals surface area contributed by atoms with Crippen LogP contribution in [0.15, 0.2) is 42.6 Å². The van der Waals surface area contributed by atoms with E-state index in [-0.39, 0.29) is 6.04 Å². The van der Waals surface area contributed by atoms with Gasteiger partial charge in [-0.1, -0.05) is 12.1 Å². The topological polar surface area (TPSA) is 51.8 Å². The van der Waals surface area contributed by atoms with E-state index in [1.807, 2.05) is 43.3 Å². The lowest BCUT2D eigenvalue weighted by molar-refractivity contribution is 0.681. The minimum atomic E-state index is -0.0881. The van der Waals surface area contributed by atoms with Gasteiger partial charge in [0.2, 0.25) is 0 Å². The van der Waals surface area contributed by atoms with Crippen LogP contribution in [0, 0.1) is 6.92 Å². The molecule has 0 aromatic carbocycles. The molecule has 2 N–H and O–H groups in total. The van der Waals surface area contributed by atoms with Crippen LogP contribution in [0.1, 0.15) is 23.1 Å². The molecule has 0 bridgehead atoms. The third kappa shape index (κ3) is 2.64. The Morgan fingerprint density at radius 1 is 1.19 bits per heavy atom. The Morgan fingerprint density at radius 2 is 2.06 bits per heavy atom. The van der Waals surface area contributed by atoms with Gasteiger partial charge in [0.05, 0.1) is 11.7 Å². The Hall–Kier alpha value is -1.74. The van der Waals surface area contributed by atoms with Crippen molar-refractivity contribution < 1.29 is 0 Å². The summed E-state index contributed by atoms with van der Waals surface area (Å²) in [4.78, 5) is 8.68. The van der Waals surface area contributed by atoms with E-state index in [2.05, 4.69) is 9.97 Å². The standard InChI is InChI=1S/C13H15N3/c1-10-5-4-7-13(16-10)12(14)9-11-6-2-3-8-15-11/h2-8,12H,9,14H2,1H3. The van der Waals surface area contributed by atoms with Crippen LogP contribution in [-0.2, 0) is 6.42 Å². The van der Waals surface area contributed by atoms with Crippen LogP contribution in [0.5, 0.6) is 0 Å². The van der Waals surface area contributed by atoms with Gasteiger partial charge in [-0.2, -0.15) is 0 Å². The maximum atomic E-state index is 6.09. The zero-order valence-electron chi connectivity index (χ0n) is 9.30. The van der Waals surface area contributed by atoms with Crippen LogP contribution >= 0.6 is 0 Å². The van der Waals surface area contributed by atoms with Crippen molar-refractivity contribution in [3.63, 3.8) is 0 Å². The number of aryl methyl sites for hydroxylation is 1. The number of hydrogen-bond acceptors (Lipinski definition) is 3. The van der Waals surface area contributed by atoms with E-state index in [0.29, 0.717) is 0 Å². The van der Waals surface area contributed by atoms with Crippen molar-refractivity contribution in [1.29, 1.82) is 0 Å². The highest BCUT2D eigenvalue weighted by Crippen LogP contribution is 2.12. The fourth-order valence-electron chi connectivity index (χ4n) is 1.62. The third-order valence-electron chi connectivity index (χ3n) is 2.44. The fourth-order valence-corrected chi connectivity index (χ4v) is 1.62. The normalized spacial score (nSPS) is 12.4. The van der Waals surface area contributed by atoms with Crippen LogP contribution in [0.3, 0.4) is 0 Å². The minimum absolute atomic E-state index is 0.0881. The maximum absolute atomic E-state index is 6.09. The Kier molecular flexibility index (Phi) is 3.27. The lowest BCUT2D eigenvalue weighted by Gasteiger charge is -2.10. The third-order valence-corrected chi connectivity index (χ3v) is 2.44. The molecule has 2 aromatic heterocycles. The minimum Gasteiger partial charge on any atom is -0.322 e. The van der Waals surface area contributed by atoms with E-state index < -0.39 is 0 Å². The molecule has 1 atom stereocenters. The molecule has 0 amide bonds. The van der Waals surface area contributed by atoms with Crippen molar-refractivity contribution in [2.45, 2.75) is 19.4 Å². The summed E-state index contributed by atoms with van der Waals surface area (Å²) in [6.45, 7) is 1.97. The number of hydrogen-bond donors (Lipinski definition) is 1. The summed E-state index contributed by atoms with van der Waals surface area (Å²) in [6.07, 6.45) is 2.50. The largest absolute Gasteiger partial charge is 0.322 e. The van der Waals surface area contributed by atoms with Gasteiger partial charge in [0, 0.05) is 24.0 Å². The molecule has 16 heavy (non-hydrogen) atoms. The summed E-state index contributed by atoms with van der Waals surface area (Å²) in [7, 11) is 0. The number of aromatic nitrogens is 2. The quantitative estimate of drug-likeness (QED) is 0.848. The second-order valence-corrected chi connectivity index (χ2v) is 3.84. The van der Waals surface area contributed by atoms with E-state index in [4.69, 9.17) is 5.73 Å². The molecule has 0 aliphatic heterocycles. The lowest BCUT2D eigenvalue weighted by atomic mass is 10.1. The van der Waals surface area contributed by atoms with Crippen LogP contribution < -0.4 is 5.73 Å². The van der Waals surface area contributed by atoms with Crippen molar-refractivity contribution in [3.05, 3.63) is 59.7 Å². The van der Waals surface area contributed by atoms with Gasteiger partial charge >= 0.3 is 0 Å². The average molecular weight is 213 g/mol. The second kappa shape index (κ2) is 4.86. The summed E-state index contributed by atoms with van der Waals surface area (Å²) < 4.78 is 0. The SMILES string of the molecule is Cc1cccc(C(N)Cc2ccccn2)n1. The summed E-state index contributed by atoms with van der Waals surface area (Å²) in [5.41, 5.74) is 9.01. The zero-order valence-corrected chi connectivity index (χ0v) is 9.30. The molecule has 0 aliphatic rings. The van der Waals surface area contributed by atoms with Crippen molar-refractivity contribution in [2.75, 3.05) is 0 Å². The van der Waals surface area contributed by atoms with Crippen LogP contribution in [0.2, 0.25) is 0 Å². The summed E-state index contributed by atoms with van der Waals surface area (Å²) >= 11 is 0. The first-order valence-corrected chi connectivity index (χ1v) is 5.35. The van der Waals surface area contributed by atoms with Crippen LogP contribution in [-0.4, -0.2) is 9.97 Å². The highest BCUT2D eigenvalue weighted by molar-refractivity contribution is 5.16. The molecule has 0 spiro atoms. The molecule has 3 nitrogen and oxygen atoms in total. The van der Waals surface area contributed by atoms with E-state index in [1.165, 1.54) is 0 Å². The highest BCUT2D eigenvalue weighted by Gasteiger charge is 2.08. The Labute approximate surface area is 95.4 Å². The van der Waals surface area contributed by atoms with Gasteiger partial charge in [0.15, 0.2) is 0 Å². The van der Waals surface area contributed by atoms with Crippen molar-refractivity contribution >= 4 is 0 Å². The monoisotopic (exact) mass is 213 g/mol. The smallest absolute Gasteiger partial charge is 0.0578 e. The lowest BCUT2D eigenvalue weighted by Crippen LogP contribution is -2.15. The molecule has 0 saturated heterocycles. The number of nitrogens with two attached hydrogens (primary N) is 1. The van der Waals surface area contributed by atoms with Gasteiger partial charge in [-0.25, -0.2) is 0 Å². The van der Waals surface area contributed by atoms with Gasteiger partial charge < -0.3 is 5.73 Å². The first kappa shape index (κ1) is 10.8. The fraction of sp³-hybridized carbons (Fsp3) is 0.231. The highest BCUT2D eigenvalue weighted by atomic mass is 14.8. The van der Waals surface area contributed by atoms with E-state index >= 15 is 0 Å². The number of rotatable bonds is 3. The molecule has 82 valence electrons. The molecule has 0 saturated carbocycles. The molecule has 3 heteroatoms. The van der Waals surface area contributed by atoms with E-state index in [9.17, 15) is 0 Å². The van der Waals surface area contributed by atoms with Gasteiger partial charge in [-0.05, 0) is 31.2 Å². The maximum Gasteiger partial charge on any atom is 0.0578 e. The molecule has 0 fully saturated rings. The van der Waals surface area contributed by atoms with Gasteiger partial charge in [0.25, 0.3) is 0 Å². The number of nitrogens with zero attached hydrogens (tertiary/aromatic N) is 2. The van der Waals surface area contributed by atoms with Crippen molar-refractivity contribution in [3.8, 4) is 0 Å². The Bertz CT molecular complexity index is 454. The molecule has 1 unspecified atom stereocenters. The van der Waals surface area contributed by atoms with Crippen LogP contribution in [0.4, 0.5) is 0 Å². The average Bonchev–Trinajstić information content (AvgIpc) is 2.30. The van der Waals surface area contributed by atoms with E-state index in [1.54, 1.807) is 6.20 Å². The van der Waals surface area contributed by atoms with Crippen molar-refractivity contribution in [1.82, 2.24) is 9.97 Å². The zero-order chi connectivity index (χ0) is 11.4. The van der Waals surface area contributed by atoms with Gasteiger partial charge in [0.1, 0.15) is 0 Å². The van der Waals surface area contributed by atoms with Crippen molar-refractivity contribution in [2.24, 2.45) is 5.73 Å². The summed E-state index contributed by atoms with van der Waals surface area (Å²) in [6, 6.07) is 11.7. The molecular formula is C13H15N3. The first-order valence-electron chi connectivity index (χ1n) is 5.35. The Balaban J connectivity index is 2.12. The second-order valence-electron chi connectivity index (χ2n) is 3.84. The van der Waals surface area contributed by atoms with Gasteiger partial charge in [-0.3, -0.25) is 9.97 Å². The summed E-state index contributed by atoms with van der Waals surface area (Å²) in [5.74, 6) is 0. The first-order chi connectivity index (χ1) is 7.75.